The Hall–Kier alpha value is -2.86. The summed E-state index contributed by atoms with van der Waals surface area (Å²) in [6.07, 6.45) is 0.844. The molecule has 0 aliphatic carbocycles. The van der Waals surface area contributed by atoms with E-state index in [2.05, 4.69) is 10.6 Å². The molecule has 0 heterocycles. The van der Waals surface area contributed by atoms with Crippen LogP contribution in [0.4, 0.5) is 5.69 Å². The molecule has 2 aromatic rings. The molecule has 0 aliphatic heterocycles. The lowest BCUT2D eigenvalue weighted by atomic mass is 10.1. The molecule has 0 unspecified atom stereocenters. The van der Waals surface area contributed by atoms with Gasteiger partial charge in [0.15, 0.2) is 0 Å². The molecule has 2 amide bonds. The Morgan fingerprint density at radius 1 is 0.963 bits per heavy atom. The first-order valence-electron chi connectivity index (χ1n) is 9.14. The van der Waals surface area contributed by atoms with E-state index in [-0.39, 0.29) is 11.8 Å². The van der Waals surface area contributed by atoms with E-state index >= 15 is 0 Å². The molecule has 0 aromatic heterocycles. The summed E-state index contributed by atoms with van der Waals surface area (Å²) in [6, 6.07) is 13.9. The van der Waals surface area contributed by atoms with Crippen LogP contribution in [0.3, 0.4) is 0 Å². The van der Waals surface area contributed by atoms with E-state index in [0.717, 1.165) is 6.42 Å². The predicted molar refractivity (Wildman–Crippen MR) is 105 cm³/mol. The van der Waals surface area contributed by atoms with Crippen molar-refractivity contribution >= 4 is 17.5 Å². The zero-order chi connectivity index (χ0) is 19.5. The lowest BCUT2D eigenvalue weighted by Crippen LogP contribution is -2.25. The molecule has 0 atom stereocenters. The highest BCUT2D eigenvalue weighted by Gasteiger charge is 2.14. The Morgan fingerprint density at radius 2 is 1.78 bits per heavy atom. The molecular formula is C21H26N2O4. The van der Waals surface area contributed by atoms with Gasteiger partial charge < -0.3 is 20.1 Å². The summed E-state index contributed by atoms with van der Waals surface area (Å²) in [4.78, 5) is 24.9. The number of para-hydroxylation sites is 1. The van der Waals surface area contributed by atoms with Crippen LogP contribution in [0.5, 0.6) is 5.75 Å². The summed E-state index contributed by atoms with van der Waals surface area (Å²) in [5.74, 6) is 0.0816. The number of rotatable bonds is 10. The maximum atomic E-state index is 12.6. The summed E-state index contributed by atoms with van der Waals surface area (Å²) < 4.78 is 10.8. The average Bonchev–Trinajstić information content (AvgIpc) is 2.70. The Labute approximate surface area is 159 Å². The van der Waals surface area contributed by atoms with Gasteiger partial charge in [-0.1, -0.05) is 25.1 Å². The lowest BCUT2D eigenvalue weighted by molar-refractivity contribution is 0.0954. The summed E-state index contributed by atoms with van der Waals surface area (Å²) in [5.41, 5.74) is 1.36. The number of hydrogen-bond donors (Lipinski definition) is 2. The Bertz CT molecular complexity index is 761. The molecule has 144 valence electrons. The van der Waals surface area contributed by atoms with Gasteiger partial charge in [-0.05, 0) is 43.7 Å². The lowest BCUT2D eigenvalue weighted by Gasteiger charge is -2.12. The van der Waals surface area contributed by atoms with E-state index in [1.54, 1.807) is 48.5 Å². The molecule has 2 aromatic carbocycles. The van der Waals surface area contributed by atoms with Gasteiger partial charge in [0.1, 0.15) is 12.4 Å². The zero-order valence-electron chi connectivity index (χ0n) is 15.8. The van der Waals surface area contributed by atoms with Crippen molar-refractivity contribution in [2.24, 2.45) is 0 Å². The highest BCUT2D eigenvalue weighted by Crippen LogP contribution is 2.18. The van der Waals surface area contributed by atoms with Gasteiger partial charge >= 0.3 is 0 Å². The molecule has 0 saturated heterocycles. The minimum atomic E-state index is -0.305. The molecule has 2 rings (SSSR count). The third kappa shape index (κ3) is 6.42. The maximum absolute atomic E-state index is 12.6. The van der Waals surface area contributed by atoms with Crippen molar-refractivity contribution in [2.75, 3.05) is 31.7 Å². The standard InChI is InChI=1S/C21H26N2O4/c1-3-12-22-21(25)18-10-5-6-11-19(18)23-20(24)16-8-7-9-17(15-16)27-14-13-26-4-2/h5-11,15H,3-4,12-14H2,1-2H3,(H,22,25)(H,23,24). The van der Waals surface area contributed by atoms with Gasteiger partial charge in [-0.25, -0.2) is 0 Å². The molecule has 0 saturated carbocycles. The number of nitrogens with one attached hydrogen (secondary N) is 2. The first-order valence-corrected chi connectivity index (χ1v) is 9.14. The molecule has 0 spiro atoms. The summed E-state index contributed by atoms with van der Waals surface area (Å²) in [7, 11) is 0. The van der Waals surface area contributed by atoms with Crippen LogP contribution in [-0.4, -0.2) is 38.2 Å². The number of ether oxygens (including phenoxy) is 2. The number of anilines is 1. The van der Waals surface area contributed by atoms with Gasteiger partial charge in [-0.15, -0.1) is 0 Å². The van der Waals surface area contributed by atoms with Crippen molar-refractivity contribution in [3.05, 3.63) is 59.7 Å². The van der Waals surface area contributed by atoms with E-state index in [1.807, 2.05) is 13.8 Å². The monoisotopic (exact) mass is 370 g/mol. The number of carbonyl (C=O) groups excluding carboxylic acids is 2. The summed E-state index contributed by atoms with van der Waals surface area (Å²) in [6.45, 7) is 6.04. The highest BCUT2D eigenvalue weighted by atomic mass is 16.5. The van der Waals surface area contributed by atoms with E-state index < -0.39 is 0 Å². The van der Waals surface area contributed by atoms with Crippen LogP contribution in [0, 0.1) is 0 Å². The van der Waals surface area contributed by atoms with Crippen LogP contribution in [-0.2, 0) is 4.74 Å². The van der Waals surface area contributed by atoms with E-state index in [0.29, 0.717) is 48.9 Å². The first-order chi connectivity index (χ1) is 13.2. The molecule has 0 bridgehead atoms. The molecule has 0 radical (unpaired) electrons. The number of hydrogen-bond acceptors (Lipinski definition) is 4. The van der Waals surface area contributed by atoms with E-state index in [9.17, 15) is 9.59 Å². The second-order valence-corrected chi connectivity index (χ2v) is 5.83. The average molecular weight is 370 g/mol. The van der Waals surface area contributed by atoms with E-state index in [4.69, 9.17) is 9.47 Å². The fourth-order valence-corrected chi connectivity index (χ4v) is 2.41. The Balaban J connectivity index is 2.06. The molecular weight excluding hydrogens is 344 g/mol. The fraction of sp³-hybridized carbons (Fsp3) is 0.333. The molecule has 0 fully saturated rings. The fourth-order valence-electron chi connectivity index (χ4n) is 2.41. The number of benzene rings is 2. The topological polar surface area (TPSA) is 76.7 Å². The van der Waals surface area contributed by atoms with Crippen molar-refractivity contribution < 1.29 is 19.1 Å². The summed E-state index contributed by atoms with van der Waals surface area (Å²) >= 11 is 0. The Morgan fingerprint density at radius 3 is 2.56 bits per heavy atom. The zero-order valence-corrected chi connectivity index (χ0v) is 15.8. The smallest absolute Gasteiger partial charge is 0.255 e. The first kappa shape index (κ1) is 20.5. The van der Waals surface area contributed by atoms with Crippen LogP contribution < -0.4 is 15.4 Å². The van der Waals surface area contributed by atoms with Crippen LogP contribution >= 0.6 is 0 Å². The molecule has 27 heavy (non-hydrogen) atoms. The predicted octanol–water partition coefficient (Wildman–Crippen LogP) is 3.49. The third-order valence-corrected chi connectivity index (χ3v) is 3.75. The van der Waals surface area contributed by atoms with Crippen molar-refractivity contribution in [3.8, 4) is 5.75 Å². The largest absolute Gasteiger partial charge is 0.491 e. The highest BCUT2D eigenvalue weighted by molar-refractivity contribution is 6.09. The van der Waals surface area contributed by atoms with Gasteiger partial charge in [0.2, 0.25) is 0 Å². The Kier molecular flexibility index (Phi) is 8.32. The van der Waals surface area contributed by atoms with Gasteiger partial charge in [0.05, 0.1) is 17.9 Å². The second kappa shape index (κ2) is 11.0. The molecule has 6 nitrogen and oxygen atoms in total. The molecule has 6 heteroatoms. The van der Waals surface area contributed by atoms with Crippen molar-refractivity contribution in [3.63, 3.8) is 0 Å². The maximum Gasteiger partial charge on any atom is 0.255 e. The normalized spacial score (nSPS) is 10.3. The number of carbonyl (C=O) groups is 2. The van der Waals surface area contributed by atoms with Crippen LogP contribution in [0.1, 0.15) is 41.0 Å². The van der Waals surface area contributed by atoms with Crippen molar-refractivity contribution in [2.45, 2.75) is 20.3 Å². The molecule has 0 aliphatic rings. The SMILES string of the molecule is CCCNC(=O)c1ccccc1NC(=O)c1cccc(OCCOCC)c1. The van der Waals surface area contributed by atoms with Crippen molar-refractivity contribution in [1.82, 2.24) is 5.32 Å². The van der Waals surface area contributed by atoms with Crippen molar-refractivity contribution in [1.29, 1.82) is 0 Å². The van der Waals surface area contributed by atoms with E-state index in [1.165, 1.54) is 0 Å². The van der Waals surface area contributed by atoms with Gasteiger partial charge in [0.25, 0.3) is 11.8 Å². The van der Waals surface area contributed by atoms with Gasteiger partial charge in [-0.3, -0.25) is 9.59 Å². The van der Waals surface area contributed by atoms with Crippen LogP contribution in [0.15, 0.2) is 48.5 Å². The molecule has 2 N–H and O–H groups in total. The van der Waals surface area contributed by atoms with Gasteiger partial charge in [-0.2, -0.15) is 0 Å². The minimum absolute atomic E-state index is 0.208. The van der Waals surface area contributed by atoms with Gasteiger partial charge in [0, 0.05) is 18.7 Å². The van der Waals surface area contributed by atoms with Crippen LogP contribution in [0.25, 0.3) is 0 Å². The quantitative estimate of drug-likeness (QED) is 0.628. The minimum Gasteiger partial charge on any atom is -0.491 e. The summed E-state index contributed by atoms with van der Waals surface area (Å²) in [5, 5.41) is 5.63. The second-order valence-electron chi connectivity index (χ2n) is 5.83. The van der Waals surface area contributed by atoms with Crippen LogP contribution in [0.2, 0.25) is 0 Å². The number of amides is 2. The third-order valence-electron chi connectivity index (χ3n) is 3.75.